The predicted octanol–water partition coefficient (Wildman–Crippen LogP) is 4.90. The highest BCUT2D eigenvalue weighted by molar-refractivity contribution is 7.80. The molecule has 0 aliphatic rings. The average molecular weight is 338 g/mol. The topological polar surface area (TPSA) is 37.0 Å². The number of hydrogen-bond donors (Lipinski definition) is 2. The average Bonchev–Trinajstić information content (AvgIpc) is 2.82. The Balaban J connectivity index is 1.75. The van der Waals surface area contributed by atoms with E-state index in [1.165, 1.54) is 23.5 Å². The van der Waals surface area contributed by atoms with Crippen LogP contribution in [0.25, 0.3) is 10.2 Å². The summed E-state index contributed by atoms with van der Waals surface area (Å²) in [4.78, 5) is 4.39. The minimum Gasteiger partial charge on any atom is -0.332 e. The van der Waals surface area contributed by atoms with Crippen molar-refractivity contribution >= 4 is 61.3 Å². The van der Waals surface area contributed by atoms with E-state index in [-0.39, 0.29) is 5.82 Å². The molecule has 1 aromatic heterocycles. The zero-order chi connectivity index (χ0) is 14.8. The maximum Gasteiger partial charge on any atom is 0.190 e. The van der Waals surface area contributed by atoms with Crippen molar-refractivity contribution in [2.45, 2.75) is 0 Å². The van der Waals surface area contributed by atoms with E-state index in [0.29, 0.717) is 21.0 Å². The summed E-state index contributed by atoms with van der Waals surface area (Å²) < 4.78 is 14.1. The molecule has 1 heterocycles. The van der Waals surface area contributed by atoms with Crippen LogP contribution in [0.1, 0.15) is 0 Å². The number of benzene rings is 2. The summed E-state index contributed by atoms with van der Waals surface area (Å²) in [6.07, 6.45) is 0. The van der Waals surface area contributed by atoms with Gasteiger partial charge in [0.25, 0.3) is 0 Å². The number of thiocarbonyl (C=S) groups is 1. The number of aromatic nitrogens is 1. The molecule has 0 aliphatic carbocycles. The third kappa shape index (κ3) is 3.29. The van der Waals surface area contributed by atoms with E-state index in [2.05, 4.69) is 15.6 Å². The second kappa shape index (κ2) is 5.93. The lowest BCUT2D eigenvalue weighted by atomic mass is 10.3. The minimum absolute atomic E-state index is 0.324. The number of para-hydroxylation sites is 1. The van der Waals surface area contributed by atoms with E-state index in [9.17, 15) is 4.39 Å². The summed E-state index contributed by atoms with van der Waals surface area (Å²) in [5.41, 5.74) is 1.31. The summed E-state index contributed by atoms with van der Waals surface area (Å²) in [6, 6.07) is 11.7. The third-order valence-corrected chi connectivity index (χ3v) is 4.12. The molecule has 0 radical (unpaired) electrons. The van der Waals surface area contributed by atoms with Gasteiger partial charge in [-0.25, -0.2) is 9.37 Å². The van der Waals surface area contributed by atoms with E-state index >= 15 is 0 Å². The van der Waals surface area contributed by atoms with Gasteiger partial charge in [-0.3, -0.25) is 0 Å². The van der Waals surface area contributed by atoms with Crippen molar-refractivity contribution in [2.24, 2.45) is 0 Å². The van der Waals surface area contributed by atoms with Gasteiger partial charge in [-0.05, 0) is 42.5 Å². The molecule has 3 aromatic rings. The van der Waals surface area contributed by atoms with Crippen molar-refractivity contribution in [3.63, 3.8) is 0 Å². The fourth-order valence-corrected chi connectivity index (χ4v) is 3.24. The van der Waals surface area contributed by atoms with E-state index in [1.807, 2.05) is 12.1 Å². The largest absolute Gasteiger partial charge is 0.332 e. The summed E-state index contributed by atoms with van der Waals surface area (Å²) in [5.74, 6) is -0.324. The second-order valence-electron chi connectivity index (χ2n) is 4.20. The maximum atomic E-state index is 13.1. The quantitative estimate of drug-likeness (QED) is 0.652. The smallest absolute Gasteiger partial charge is 0.190 e. The lowest BCUT2D eigenvalue weighted by molar-refractivity contribution is 0.628. The zero-order valence-corrected chi connectivity index (χ0v) is 13.0. The Morgan fingerprint density at radius 2 is 2.00 bits per heavy atom. The predicted molar refractivity (Wildman–Crippen MR) is 90.9 cm³/mol. The van der Waals surface area contributed by atoms with Gasteiger partial charge in [0, 0.05) is 5.69 Å². The molecule has 0 atom stereocenters. The molecule has 7 heteroatoms. The number of hydrogen-bond acceptors (Lipinski definition) is 3. The maximum absolute atomic E-state index is 13.1. The van der Waals surface area contributed by atoms with Crippen LogP contribution < -0.4 is 10.6 Å². The van der Waals surface area contributed by atoms with Gasteiger partial charge in [0.2, 0.25) is 0 Å². The van der Waals surface area contributed by atoms with E-state index < -0.39 is 0 Å². The van der Waals surface area contributed by atoms with Gasteiger partial charge in [0.1, 0.15) is 11.3 Å². The van der Waals surface area contributed by atoms with E-state index in [1.54, 1.807) is 18.2 Å². The standard InChI is InChI=1S/C14H9ClFN3S2/c15-10-5-2-6-11-12(10)18-14(21-11)19-13(20)17-9-4-1-3-8(16)7-9/h1-7H,(H2,17,18,19,20). The molecule has 0 aliphatic heterocycles. The Labute approximate surface area is 134 Å². The number of thiazole rings is 1. The molecule has 2 aromatic carbocycles. The highest BCUT2D eigenvalue weighted by Gasteiger charge is 2.08. The summed E-state index contributed by atoms with van der Waals surface area (Å²) >= 11 is 12.7. The van der Waals surface area contributed by atoms with Gasteiger partial charge in [-0.15, -0.1) is 0 Å². The SMILES string of the molecule is Fc1cccc(NC(=S)Nc2nc3c(Cl)cccc3s2)c1. The van der Waals surface area contributed by atoms with Crippen LogP contribution in [-0.2, 0) is 0 Å². The molecular weight excluding hydrogens is 329 g/mol. The number of anilines is 2. The Bertz CT molecular complexity index is 819. The molecule has 3 rings (SSSR count). The summed E-state index contributed by atoms with van der Waals surface area (Å²) in [7, 11) is 0. The molecule has 0 saturated carbocycles. The molecular formula is C14H9ClFN3S2. The molecule has 0 saturated heterocycles. The highest BCUT2D eigenvalue weighted by atomic mass is 35.5. The van der Waals surface area contributed by atoms with Crippen LogP contribution in [0.5, 0.6) is 0 Å². The molecule has 0 bridgehead atoms. The normalized spacial score (nSPS) is 10.6. The van der Waals surface area contributed by atoms with Gasteiger partial charge in [0.15, 0.2) is 10.2 Å². The number of halogens is 2. The van der Waals surface area contributed by atoms with Gasteiger partial charge in [-0.1, -0.05) is 35.1 Å². The van der Waals surface area contributed by atoms with Gasteiger partial charge in [0.05, 0.1) is 9.72 Å². The van der Waals surface area contributed by atoms with Crippen LogP contribution in [0.2, 0.25) is 5.02 Å². The molecule has 21 heavy (non-hydrogen) atoms. The van der Waals surface area contributed by atoms with Crippen molar-refractivity contribution in [1.29, 1.82) is 0 Å². The number of rotatable bonds is 2. The van der Waals surface area contributed by atoms with Crippen molar-refractivity contribution in [2.75, 3.05) is 10.6 Å². The first-order chi connectivity index (χ1) is 10.1. The van der Waals surface area contributed by atoms with Gasteiger partial charge >= 0.3 is 0 Å². The van der Waals surface area contributed by atoms with Crippen LogP contribution in [-0.4, -0.2) is 10.1 Å². The number of fused-ring (bicyclic) bond motifs is 1. The molecule has 2 N–H and O–H groups in total. The monoisotopic (exact) mass is 337 g/mol. The minimum atomic E-state index is -0.324. The fraction of sp³-hybridized carbons (Fsp3) is 0. The molecule has 0 spiro atoms. The molecule has 3 nitrogen and oxygen atoms in total. The van der Waals surface area contributed by atoms with Crippen LogP contribution in [0.3, 0.4) is 0 Å². The van der Waals surface area contributed by atoms with Gasteiger partial charge in [-0.2, -0.15) is 0 Å². The van der Waals surface area contributed by atoms with Crippen molar-refractivity contribution in [3.05, 3.63) is 53.3 Å². The second-order valence-corrected chi connectivity index (χ2v) is 6.04. The zero-order valence-electron chi connectivity index (χ0n) is 10.6. The van der Waals surface area contributed by atoms with Crippen LogP contribution >= 0.6 is 35.2 Å². The fourth-order valence-electron chi connectivity index (χ4n) is 1.79. The van der Waals surface area contributed by atoms with Crippen molar-refractivity contribution < 1.29 is 4.39 Å². The van der Waals surface area contributed by atoms with Gasteiger partial charge < -0.3 is 10.6 Å². The Kier molecular flexibility index (Phi) is 4.01. The molecule has 106 valence electrons. The summed E-state index contributed by atoms with van der Waals surface area (Å²) in [5, 5.41) is 7.45. The highest BCUT2D eigenvalue weighted by Crippen LogP contribution is 2.30. The number of nitrogens with one attached hydrogen (secondary N) is 2. The lowest BCUT2D eigenvalue weighted by Gasteiger charge is -2.07. The van der Waals surface area contributed by atoms with Crippen LogP contribution in [0, 0.1) is 5.82 Å². The van der Waals surface area contributed by atoms with Crippen LogP contribution in [0.4, 0.5) is 15.2 Å². The van der Waals surface area contributed by atoms with E-state index in [4.69, 9.17) is 23.8 Å². The van der Waals surface area contributed by atoms with Crippen molar-refractivity contribution in [3.8, 4) is 0 Å². The Hall–Kier alpha value is -1.76. The first-order valence-corrected chi connectivity index (χ1v) is 7.61. The van der Waals surface area contributed by atoms with Crippen molar-refractivity contribution in [1.82, 2.24) is 4.98 Å². The lowest BCUT2D eigenvalue weighted by Crippen LogP contribution is -2.18. The van der Waals surface area contributed by atoms with E-state index in [0.717, 1.165) is 10.2 Å². The third-order valence-electron chi connectivity index (χ3n) is 2.67. The number of nitrogens with zero attached hydrogens (tertiary/aromatic N) is 1. The molecule has 0 fully saturated rings. The Morgan fingerprint density at radius 3 is 2.76 bits per heavy atom. The Morgan fingerprint density at radius 1 is 1.19 bits per heavy atom. The van der Waals surface area contributed by atoms with Crippen LogP contribution in [0.15, 0.2) is 42.5 Å². The molecule has 0 amide bonds. The summed E-state index contributed by atoms with van der Waals surface area (Å²) in [6.45, 7) is 0. The molecule has 0 unspecified atom stereocenters. The first-order valence-electron chi connectivity index (χ1n) is 6.00. The first kappa shape index (κ1) is 14.2.